The van der Waals surface area contributed by atoms with Gasteiger partial charge in [0.05, 0.1) is 5.30 Å². The van der Waals surface area contributed by atoms with E-state index < -0.39 is 7.60 Å². The second kappa shape index (κ2) is 11.5. The van der Waals surface area contributed by atoms with Crippen molar-refractivity contribution in [2.45, 2.75) is 26.7 Å². The van der Waals surface area contributed by atoms with Gasteiger partial charge >= 0.3 is 7.60 Å². The van der Waals surface area contributed by atoms with Crippen molar-refractivity contribution in [3.05, 3.63) is 120 Å². The van der Waals surface area contributed by atoms with Gasteiger partial charge in [0.25, 0.3) is 0 Å². The second-order valence-corrected chi connectivity index (χ2v) is 9.02. The Balaban J connectivity index is 0.000000181. The molecule has 0 saturated carbocycles. The molecule has 3 nitrogen and oxygen atoms in total. The highest BCUT2D eigenvalue weighted by Gasteiger charge is 2.23. The van der Waals surface area contributed by atoms with Crippen LogP contribution in [0.25, 0.3) is 11.1 Å². The largest absolute Gasteiger partial charge is 0.421 e. The molecular formula is C28H29O3P. The highest BCUT2D eigenvalue weighted by molar-refractivity contribution is 7.61. The fraction of sp³-hybridized carbons (Fsp3) is 0.143. The van der Waals surface area contributed by atoms with Crippen LogP contribution in [0.15, 0.2) is 109 Å². The molecule has 1 unspecified atom stereocenters. The monoisotopic (exact) mass is 444 g/mol. The first-order valence-corrected chi connectivity index (χ1v) is 12.4. The normalized spacial score (nSPS) is 12.2. The molecule has 4 heteroatoms. The Morgan fingerprint density at radius 1 is 0.688 bits per heavy atom. The summed E-state index contributed by atoms with van der Waals surface area (Å²) in [6.45, 7) is 4.46. The van der Waals surface area contributed by atoms with Crippen molar-refractivity contribution in [1.29, 1.82) is 0 Å². The van der Waals surface area contributed by atoms with E-state index in [1.165, 1.54) is 22.3 Å². The Morgan fingerprint density at radius 3 is 1.81 bits per heavy atom. The van der Waals surface area contributed by atoms with Crippen LogP contribution in [0.3, 0.4) is 0 Å². The molecule has 4 rings (SSSR count). The van der Waals surface area contributed by atoms with Gasteiger partial charge in [0.15, 0.2) is 0 Å². The molecule has 0 aliphatic carbocycles. The van der Waals surface area contributed by atoms with Crippen LogP contribution in [0.4, 0.5) is 0 Å². The highest BCUT2D eigenvalue weighted by Crippen LogP contribution is 2.41. The van der Waals surface area contributed by atoms with Crippen molar-refractivity contribution in [2.24, 2.45) is 0 Å². The molecular weight excluding hydrogens is 415 g/mol. The van der Waals surface area contributed by atoms with Gasteiger partial charge in [-0.05, 0) is 59.4 Å². The molecule has 0 aliphatic rings. The minimum absolute atomic E-state index is 0.291. The van der Waals surface area contributed by atoms with Crippen LogP contribution in [0, 0.1) is 0 Å². The Labute approximate surface area is 190 Å². The number of rotatable bonds is 6. The summed E-state index contributed by atoms with van der Waals surface area (Å²) in [6.07, 6.45) is 2.22. The molecule has 0 bridgehead atoms. The zero-order valence-electron chi connectivity index (χ0n) is 18.5. The first kappa shape index (κ1) is 23.5. The Kier molecular flexibility index (Phi) is 8.44. The maximum Gasteiger partial charge on any atom is 0.408 e. The molecule has 164 valence electrons. The predicted molar refractivity (Wildman–Crippen MR) is 134 cm³/mol. The molecule has 0 aromatic heterocycles. The van der Waals surface area contributed by atoms with Gasteiger partial charge in [0.1, 0.15) is 5.75 Å². The van der Waals surface area contributed by atoms with Crippen LogP contribution in [0.5, 0.6) is 5.75 Å². The average molecular weight is 445 g/mol. The number of hydrogen-bond donors (Lipinski definition) is 1. The van der Waals surface area contributed by atoms with Crippen LogP contribution >= 0.6 is 7.60 Å². The minimum Gasteiger partial charge on any atom is -0.421 e. The first-order chi connectivity index (χ1) is 15.5. The quantitative estimate of drug-likeness (QED) is 0.324. The summed E-state index contributed by atoms with van der Waals surface area (Å²) in [5.41, 5.74) is 5.69. The van der Waals surface area contributed by atoms with Gasteiger partial charge in [-0.15, -0.1) is 0 Å². The third-order valence-corrected chi connectivity index (χ3v) is 6.56. The van der Waals surface area contributed by atoms with Gasteiger partial charge < -0.3 is 9.42 Å². The zero-order valence-corrected chi connectivity index (χ0v) is 19.4. The van der Waals surface area contributed by atoms with E-state index in [1.54, 1.807) is 54.6 Å². The lowest BCUT2D eigenvalue weighted by Gasteiger charge is -2.12. The fourth-order valence-electron chi connectivity index (χ4n) is 3.56. The molecule has 0 saturated heterocycles. The second-order valence-electron chi connectivity index (χ2n) is 7.28. The summed E-state index contributed by atoms with van der Waals surface area (Å²) < 4.78 is 17.0. The van der Waals surface area contributed by atoms with Gasteiger partial charge in [-0.3, -0.25) is 0 Å². The third-order valence-electron chi connectivity index (χ3n) is 5.15. The van der Waals surface area contributed by atoms with Crippen molar-refractivity contribution >= 4 is 12.9 Å². The van der Waals surface area contributed by atoms with E-state index in [9.17, 15) is 9.46 Å². The van der Waals surface area contributed by atoms with Crippen LogP contribution < -0.4 is 9.83 Å². The van der Waals surface area contributed by atoms with Crippen molar-refractivity contribution in [1.82, 2.24) is 0 Å². The number of aryl methyl sites for hydroxylation is 1. The van der Waals surface area contributed by atoms with E-state index >= 15 is 0 Å². The minimum atomic E-state index is -3.77. The Hall–Kier alpha value is -3.13. The standard InChI is InChI=1S/C16H18.C12H11O3P/c1-3-13-11-8-12-16(15(13)4-2)14-9-6-5-7-10-14;13-16(14,12-9-5-2-6-10-12)15-11-7-3-1-4-8-11/h5-12H,3-4H2,1-2H3;1-10H,(H,13,14). The maximum atomic E-state index is 11.9. The van der Waals surface area contributed by atoms with E-state index in [0.29, 0.717) is 11.1 Å². The van der Waals surface area contributed by atoms with Crippen LogP contribution in [0.1, 0.15) is 25.0 Å². The zero-order chi connectivity index (χ0) is 22.8. The SMILES string of the molecule is CCc1cccc(-c2ccccc2)c1CC.O=P(O)(Oc1ccccc1)c1ccccc1. The summed E-state index contributed by atoms with van der Waals surface area (Å²) >= 11 is 0. The van der Waals surface area contributed by atoms with Crippen molar-refractivity contribution in [3.8, 4) is 16.9 Å². The Morgan fingerprint density at radius 2 is 1.25 bits per heavy atom. The molecule has 0 spiro atoms. The van der Waals surface area contributed by atoms with Gasteiger partial charge in [-0.1, -0.05) is 98.8 Å². The first-order valence-electron chi connectivity index (χ1n) is 10.8. The average Bonchev–Trinajstić information content (AvgIpc) is 2.85. The van der Waals surface area contributed by atoms with Gasteiger partial charge in [0.2, 0.25) is 0 Å². The predicted octanol–water partition coefficient (Wildman–Crippen LogP) is 7.05. The summed E-state index contributed by atoms with van der Waals surface area (Å²) in [4.78, 5) is 9.77. The number of para-hydroxylation sites is 1. The van der Waals surface area contributed by atoms with Crippen LogP contribution in [-0.2, 0) is 17.4 Å². The molecule has 0 fully saturated rings. The third kappa shape index (κ3) is 6.20. The molecule has 0 aliphatic heterocycles. The van der Waals surface area contributed by atoms with Crippen LogP contribution in [0.2, 0.25) is 0 Å². The lowest BCUT2D eigenvalue weighted by Crippen LogP contribution is -2.08. The smallest absolute Gasteiger partial charge is 0.408 e. The Bertz CT molecular complexity index is 1140. The van der Waals surface area contributed by atoms with Crippen molar-refractivity contribution in [2.75, 3.05) is 0 Å². The van der Waals surface area contributed by atoms with Gasteiger partial charge in [-0.25, -0.2) is 4.57 Å². The molecule has 32 heavy (non-hydrogen) atoms. The molecule has 0 amide bonds. The molecule has 4 aromatic carbocycles. The van der Waals surface area contributed by atoms with Crippen molar-refractivity contribution < 1.29 is 14.0 Å². The summed E-state index contributed by atoms with van der Waals surface area (Å²) in [5.74, 6) is 0.386. The molecule has 1 atom stereocenters. The van der Waals surface area contributed by atoms with E-state index in [2.05, 4.69) is 62.4 Å². The molecule has 4 aromatic rings. The molecule has 0 heterocycles. The number of hydrogen-bond acceptors (Lipinski definition) is 2. The lowest BCUT2D eigenvalue weighted by atomic mass is 9.93. The fourth-order valence-corrected chi connectivity index (χ4v) is 4.63. The highest BCUT2D eigenvalue weighted by atomic mass is 31.2. The maximum absolute atomic E-state index is 11.9. The summed E-state index contributed by atoms with van der Waals surface area (Å²) in [5, 5.41) is 0.291. The topological polar surface area (TPSA) is 46.5 Å². The van der Waals surface area contributed by atoms with Crippen LogP contribution in [-0.4, -0.2) is 4.89 Å². The van der Waals surface area contributed by atoms with Crippen molar-refractivity contribution in [3.63, 3.8) is 0 Å². The van der Waals surface area contributed by atoms with Gasteiger partial charge in [0, 0.05) is 0 Å². The van der Waals surface area contributed by atoms with E-state index in [4.69, 9.17) is 4.52 Å². The van der Waals surface area contributed by atoms with E-state index in [1.807, 2.05) is 6.07 Å². The molecule has 0 radical (unpaired) electrons. The lowest BCUT2D eigenvalue weighted by molar-refractivity contribution is 0.393. The molecule has 1 N–H and O–H groups in total. The van der Waals surface area contributed by atoms with E-state index in [0.717, 1.165) is 12.8 Å². The van der Waals surface area contributed by atoms with E-state index in [-0.39, 0.29) is 0 Å². The summed E-state index contributed by atoms with van der Waals surface area (Å²) in [7, 11) is -3.77. The van der Waals surface area contributed by atoms with Gasteiger partial charge in [-0.2, -0.15) is 0 Å². The summed E-state index contributed by atoms with van der Waals surface area (Å²) in [6, 6.07) is 34.2. The number of benzene rings is 4.